The van der Waals surface area contributed by atoms with Crippen LogP contribution in [0.2, 0.25) is 0 Å². The topological polar surface area (TPSA) is 9.23 Å². The Morgan fingerprint density at radius 2 is 1.24 bits per heavy atom. The standard InChI is InChI=1S/C22H23OP.BrH/c1-23-18-10-12-19-11-8-9-17-22(19)24(20-13-4-2-5-14-20)21-15-6-3-7-16-21;/h2-9,11,13-17H,10,12,18H2,1H3;1H. The van der Waals surface area contributed by atoms with Gasteiger partial charge in [0.1, 0.15) is 0 Å². The van der Waals surface area contributed by atoms with Crippen LogP contribution < -0.4 is 15.9 Å². The summed E-state index contributed by atoms with van der Waals surface area (Å²) in [6, 6.07) is 30.6. The van der Waals surface area contributed by atoms with Crippen molar-refractivity contribution in [1.82, 2.24) is 0 Å². The number of methoxy groups -OCH3 is 1. The minimum Gasteiger partial charge on any atom is -0.385 e. The van der Waals surface area contributed by atoms with Gasteiger partial charge in [-0.25, -0.2) is 0 Å². The first-order valence-corrected chi connectivity index (χ1v) is 9.71. The maximum Gasteiger partial charge on any atom is 0.0465 e. The summed E-state index contributed by atoms with van der Waals surface area (Å²) in [5.74, 6) is 0. The average molecular weight is 415 g/mol. The first-order chi connectivity index (χ1) is 11.9. The number of aryl methyl sites for hydroxylation is 1. The van der Waals surface area contributed by atoms with E-state index < -0.39 is 7.92 Å². The van der Waals surface area contributed by atoms with Crippen LogP contribution in [0.3, 0.4) is 0 Å². The molecule has 0 radical (unpaired) electrons. The van der Waals surface area contributed by atoms with E-state index in [0.29, 0.717) is 0 Å². The van der Waals surface area contributed by atoms with Crippen molar-refractivity contribution in [3.63, 3.8) is 0 Å². The Bertz CT molecular complexity index is 707. The van der Waals surface area contributed by atoms with Gasteiger partial charge in [0.15, 0.2) is 0 Å². The second kappa shape index (κ2) is 10.5. The van der Waals surface area contributed by atoms with E-state index in [9.17, 15) is 0 Å². The molecule has 0 saturated carbocycles. The minimum absolute atomic E-state index is 0. The van der Waals surface area contributed by atoms with Gasteiger partial charge in [0.2, 0.25) is 0 Å². The SMILES string of the molecule is Br.COCCCc1ccccc1P(c1ccccc1)c1ccccc1. The fourth-order valence-electron chi connectivity index (χ4n) is 2.93. The first-order valence-electron chi connectivity index (χ1n) is 8.37. The lowest BCUT2D eigenvalue weighted by molar-refractivity contribution is 0.195. The van der Waals surface area contributed by atoms with Gasteiger partial charge in [-0.15, -0.1) is 17.0 Å². The lowest BCUT2D eigenvalue weighted by Crippen LogP contribution is -2.23. The monoisotopic (exact) mass is 414 g/mol. The number of hydrogen-bond acceptors (Lipinski definition) is 1. The van der Waals surface area contributed by atoms with Gasteiger partial charge in [-0.05, 0) is 42.2 Å². The van der Waals surface area contributed by atoms with Crippen LogP contribution in [0, 0.1) is 0 Å². The predicted octanol–water partition coefficient (Wildman–Crippen LogP) is 4.60. The van der Waals surface area contributed by atoms with Crippen LogP contribution in [-0.4, -0.2) is 13.7 Å². The molecule has 0 spiro atoms. The zero-order valence-electron chi connectivity index (χ0n) is 14.5. The molecule has 0 unspecified atom stereocenters. The van der Waals surface area contributed by atoms with Gasteiger partial charge in [0, 0.05) is 13.7 Å². The second-order valence-electron chi connectivity index (χ2n) is 5.73. The maximum atomic E-state index is 5.24. The van der Waals surface area contributed by atoms with Crippen LogP contribution in [0.1, 0.15) is 12.0 Å². The van der Waals surface area contributed by atoms with E-state index in [1.165, 1.54) is 21.5 Å². The molecule has 0 aliphatic heterocycles. The van der Waals surface area contributed by atoms with Crippen molar-refractivity contribution in [2.45, 2.75) is 12.8 Å². The molecule has 3 heteroatoms. The van der Waals surface area contributed by atoms with Crippen LogP contribution >= 0.6 is 24.9 Å². The van der Waals surface area contributed by atoms with Gasteiger partial charge < -0.3 is 4.74 Å². The van der Waals surface area contributed by atoms with E-state index in [1.807, 2.05) is 0 Å². The molecule has 0 atom stereocenters. The second-order valence-corrected chi connectivity index (χ2v) is 7.92. The molecule has 0 saturated heterocycles. The van der Waals surface area contributed by atoms with Crippen LogP contribution in [0.15, 0.2) is 84.9 Å². The van der Waals surface area contributed by atoms with Crippen LogP contribution in [0.5, 0.6) is 0 Å². The summed E-state index contributed by atoms with van der Waals surface area (Å²) in [5, 5.41) is 4.26. The van der Waals surface area contributed by atoms with Crippen LogP contribution in [0.4, 0.5) is 0 Å². The first kappa shape index (κ1) is 19.8. The third kappa shape index (κ3) is 5.25. The zero-order chi connectivity index (χ0) is 16.6. The van der Waals surface area contributed by atoms with Crippen LogP contribution in [0.25, 0.3) is 0 Å². The molecule has 0 aromatic heterocycles. The number of hydrogen-bond donors (Lipinski definition) is 0. The highest BCUT2D eigenvalue weighted by molar-refractivity contribution is 8.93. The smallest absolute Gasteiger partial charge is 0.0465 e. The summed E-state index contributed by atoms with van der Waals surface area (Å²) in [5.41, 5.74) is 1.44. The molecule has 0 amide bonds. The van der Waals surface area contributed by atoms with E-state index in [4.69, 9.17) is 4.74 Å². The van der Waals surface area contributed by atoms with Crippen molar-refractivity contribution in [3.8, 4) is 0 Å². The minimum atomic E-state index is -0.528. The molecule has 0 bridgehead atoms. The van der Waals surface area contributed by atoms with Gasteiger partial charge in [-0.1, -0.05) is 84.9 Å². The van der Waals surface area contributed by atoms with Crippen molar-refractivity contribution in [3.05, 3.63) is 90.5 Å². The molecule has 25 heavy (non-hydrogen) atoms. The number of rotatable bonds is 7. The Balaban J connectivity index is 0.00000225. The van der Waals surface area contributed by atoms with Gasteiger partial charge in [-0.2, -0.15) is 0 Å². The molecule has 0 heterocycles. The molecule has 0 fully saturated rings. The van der Waals surface area contributed by atoms with Crippen molar-refractivity contribution >= 4 is 40.8 Å². The van der Waals surface area contributed by atoms with E-state index >= 15 is 0 Å². The van der Waals surface area contributed by atoms with E-state index in [0.717, 1.165) is 19.4 Å². The quantitative estimate of drug-likeness (QED) is 0.405. The molecular formula is C22H24BrOP. The van der Waals surface area contributed by atoms with Crippen LogP contribution in [-0.2, 0) is 11.2 Å². The van der Waals surface area contributed by atoms with Gasteiger partial charge >= 0.3 is 0 Å². The molecule has 3 rings (SSSR count). The summed E-state index contributed by atoms with van der Waals surface area (Å²) < 4.78 is 5.24. The lowest BCUT2D eigenvalue weighted by atomic mass is 10.1. The third-order valence-electron chi connectivity index (χ3n) is 4.06. The average Bonchev–Trinajstić information content (AvgIpc) is 2.65. The largest absolute Gasteiger partial charge is 0.385 e. The number of halogens is 1. The molecule has 0 aliphatic carbocycles. The highest BCUT2D eigenvalue weighted by atomic mass is 79.9. The Morgan fingerprint density at radius 1 is 0.720 bits per heavy atom. The Morgan fingerprint density at radius 3 is 1.80 bits per heavy atom. The molecule has 3 aromatic rings. The third-order valence-corrected chi connectivity index (χ3v) is 6.60. The molecule has 0 aliphatic rings. The van der Waals surface area contributed by atoms with E-state index in [2.05, 4.69) is 84.9 Å². The summed E-state index contributed by atoms with van der Waals surface area (Å²) >= 11 is 0. The van der Waals surface area contributed by atoms with Crippen molar-refractivity contribution in [2.24, 2.45) is 0 Å². The normalized spacial score (nSPS) is 10.5. The lowest BCUT2D eigenvalue weighted by Gasteiger charge is -2.22. The fourth-order valence-corrected chi connectivity index (χ4v) is 5.43. The van der Waals surface area contributed by atoms with Crippen molar-refractivity contribution < 1.29 is 4.74 Å². The molecule has 1 nitrogen and oxygen atoms in total. The highest BCUT2D eigenvalue weighted by Crippen LogP contribution is 2.34. The van der Waals surface area contributed by atoms with Crippen molar-refractivity contribution in [2.75, 3.05) is 13.7 Å². The van der Waals surface area contributed by atoms with E-state index in [-0.39, 0.29) is 17.0 Å². The summed E-state index contributed by atoms with van der Waals surface area (Å²) in [4.78, 5) is 0. The summed E-state index contributed by atoms with van der Waals surface area (Å²) in [6.45, 7) is 0.808. The van der Waals surface area contributed by atoms with Crippen molar-refractivity contribution in [1.29, 1.82) is 0 Å². The molecule has 130 valence electrons. The predicted molar refractivity (Wildman–Crippen MR) is 116 cm³/mol. The molecule has 3 aromatic carbocycles. The Hall–Kier alpha value is -1.47. The van der Waals surface area contributed by atoms with Gasteiger partial charge in [0.25, 0.3) is 0 Å². The number of benzene rings is 3. The summed E-state index contributed by atoms with van der Waals surface area (Å²) in [7, 11) is 1.24. The Labute approximate surface area is 162 Å². The maximum absolute atomic E-state index is 5.24. The fraction of sp³-hybridized carbons (Fsp3) is 0.182. The molecular weight excluding hydrogens is 391 g/mol. The zero-order valence-corrected chi connectivity index (χ0v) is 17.1. The van der Waals surface area contributed by atoms with E-state index in [1.54, 1.807) is 7.11 Å². The van der Waals surface area contributed by atoms with Gasteiger partial charge in [-0.3, -0.25) is 0 Å². The highest BCUT2D eigenvalue weighted by Gasteiger charge is 2.18. The number of ether oxygens (including phenoxy) is 1. The molecule has 0 N–H and O–H groups in total. The summed E-state index contributed by atoms with van der Waals surface area (Å²) in [6.07, 6.45) is 2.11. The Kier molecular flexibility index (Phi) is 8.34. The van der Waals surface area contributed by atoms with Gasteiger partial charge in [0.05, 0.1) is 0 Å².